The van der Waals surface area contributed by atoms with Crippen molar-refractivity contribution in [3.63, 3.8) is 0 Å². The van der Waals surface area contributed by atoms with Gasteiger partial charge >= 0.3 is 11.4 Å². The number of nitro benzene ring substituents is 2. The molecule has 0 spiro atoms. The molecule has 0 aliphatic heterocycles. The van der Waals surface area contributed by atoms with Crippen LogP contribution in [0.3, 0.4) is 0 Å². The van der Waals surface area contributed by atoms with Crippen LogP contribution in [0, 0.1) is 27.2 Å². The van der Waals surface area contributed by atoms with E-state index in [1.54, 1.807) is 18.2 Å². The van der Waals surface area contributed by atoms with Crippen molar-refractivity contribution in [1.82, 2.24) is 0 Å². The lowest BCUT2D eigenvalue weighted by Gasteiger charge is -2.09. The zero-order valence-electron chi connectivity index (χ0n) is 10.8. The first kappa shape index (κ1) is 14.7. The van der Waals surface area contributed by atoms with Gasteiger partial charge in [-0.15, -0.1) is 0 Å². The highest BCUT2D eigenvalue weighted by atomic mass is 35.5. The molecule has 0 N–H and O–H groups in total. The summed E-state index contributed by atoms with van der Waals surface area (Å²) in [6, 6.07) is 9.21. The Morgan fingerprint density at radius 2 is 1.71 bits per heavy atom. The molecule has 0 fully saturated rings. The Hall–Kier alpha value is -2.67. The predicted molar refractivity (Wildman–Crippen MR) is 76.0 cm³/mol. The average molecular weight is 309 g/mol. The number of halogens is 1. The lowest BCUT2D eigenvalue weighted by atomic mass is 10.1. The fourth-order valence-corrected chi connectivity index (χ4v) is 1.96. The van der Waals surface area contributed by atoms with Gasteiger partial charge in [-0.3, -0.25) is 20.2 Å². The van der Waals surface area contributed by atoms with E-state index in [1.165, 1.54) is 19.1 Å². The van der Waals surface area contributed by atoms with Crippen molar-refractivity contribution >= 4 is 23.0 Å². The summed E-state index contributed by atoms with van der Waals surface area (Å²) >= 11 is 5.89. The summed E-state index contributed by atoms with van der Waals surface area (Å²) in [5, 5.41) is 22.1. The third-order valence-corrected chi connectivity index (χ3v) is 3.17. The summed E-state index contributed by atoms with van der Waals surface area (Å²) in [5.41, 5.74) is -0.893. The molecule has 0 saturated carbocycles. The van der Waals surface area contributed by atoms with Gasteiger partial charge in [0.1, 0.15) is 10.8 Å². The van der Waals surface area contributed by atoms with Gasteiger partial charge in [0.15, 0.2) is 0 Å². The molecular formula is C13H9ClN2O5. The quantitative estimate of drug-likeness (QED) is 0.621. The van der Waals surface area contributed by atoms with Crippen LogP contribution < -0.4 is 4.74 Å². The maximum absolute atomic E-state index is 11.2. The highest BCUT2D eigenvalue weighted by Crippen LogP contribution is 2.45. The molecule has 0 radical (unpaired) electrons. The van der Waals surface area contributed by atoms with Crippen LogP contribution in [0.2, 0.25) is 5.02 Å². The Morgan fingerprint density at radius 3 is 2.24 bits per heavy atom. The zero-order valence-corrected chi connectivity index (χ0v) is 11.5. The van der Waals surface area contributed by atoms with E-state index in [-0.39, 0.29) is 16.3 Å². The number of hydrogen-bond donors (Lipinski definition) is 0. The Balaban J connectivity index is 2.68. The lowest BCUT2D eigenvalue weighted by Crippen LogP contribution is -2.01. The number of nitro groups is 2. The van der Waals surface area contributed by atoms with E-state index in [1.807, 2.05) is 0 Å². The minimum atomic E-state index is -0.791. The molecule has 0 atom stereocenters. The number of benzene rings is 2. The number of nitrogens with zero attached hydrogens (tertiary/aromatic N) is 2. The molecule has 21 heavy (non-hydrogen) atoms. The second-order valence-corrected chi connectivity index (χ2v) is 4.51. The number of para-hydroxylation sites is 1. The van der Waals surface area contributed by atoms with Crippen LogP contribution >= 0.6 is 11.6 Å². The summed E-state index contributed by atoms with van der Waals surface area (Å²) in [5.74, 6) is -0.240. The van der Waals surface area contributed by atoms with Crippen molar-refractivity contribution in [2.24, 2.45) is 0 Å². The van der Waals surface area contributed by atoms with Gasteiger partial charge in [-0.2, -0.15) is 0 Å². The first-order valence-corrected chi connectivity index (χ1v) is 6.14. The Morgan fingerprint density at radius 1 is 1.10 bits per heavy atom. The second-order valence-electron chi connectivity index (χ2n) is 4.13. The van der Waals surface area contributed by atoms with E-state index in [0.29, 0.717) is 0 Å². The molecule has 0 heterocycles. The normalized spacial score (nSPS) is 10.2. The molecule has 2 rings (SSSR count). The molecule has 108 valence electrons. The molecule has 8 heteroatoms. The molecule has 0 bridgehead atoms. The Bertz CT molecular complexity index is 718. The summed E-state index contributed by atoms with van der Waals surface area (Å²) in [7, 11) is 0. The molecule has 0 aliphatic rings. The van der Waals surface area contributed by atoms with E-state index in [0.717, 1.165) is 6.07 Å². The van der Waals surface area contributed by atoms with Crippen molar-refractivity contribution in [3.8, 4) is 11.5 Å². The fourth-order valence-electron chi connectivity index (χ4n) is 1.75. The average Bonchev–Trinajstić information content (AvgIpc) is 2.43. The van der Waals surface area contributed by atoms with E-state index in [2.05, 4.69) is 0 Å². The third kappa shape index (κ3) is 2.92. The number of aryl methyl sites for hydroxylation is 1. The Labute approximate surface area is 124 Å². The fraction of sp³-hybridized carbons (Fsp3) is 0.0769. The lowest BCUT2D eigenvalue weighted by molar-refractivity contribution is -0.395. The van der Waals surface area contributed by atoms with Crippen LogP contribution in [0.1, 0.15) is 5.56 Å². The monoisotopic (exact) mass is 308 g/mol. The van der Waals surface area contributed by atoms with E-state index in [4.69, 9.17) is 16.3 Å². The zero-order chi connectivity index (χ0) is 15.6. The standard InChI is InChI=1S/C13H9ClN2O5/c1-8-7-10(15(17)18)13(12(11(8)14)16(19)20)21-9-5-3-2-4-6-9/h2-7H,1H3. The van der Waals surface area contributed by atoms with Gasteiger partial charge in [-0.1, -0.05) is 29.8 Å². The molecule has 2 aromatic rings. The molecule has 0 aliphatic carbocycles. The molecule has 0 saturated heterocycles. The van der Waals surface area contributed by atoms with Crippen molar-refractivity contribution < 1.29 is 14.6 Å². The predicted octanol–water partition coefficient (Wildman–Crippen LogP) is 4.26. The highest BCUT2D eigenvalue weighted by Gasteiger charge is 2.32. The first-order valence-electron chi connectivity index (χ1n) is 5.76. The van der Waals surface area contributed by atoms with Gasteiger partial charge in [0, 0.05) is 6.07 Å². The summed E-state index contributed by atoms with van der Waals surface area (Å²) in [6.07, 6.45) is 0. The van der Waals surface area contributed by atoms with Crippen molar-refractivity contribution in [3.05, 3.63) is 67.2 Å². The van der Waals surface area contributed by atoms with Gasteiger partial charge in [0.05, 0.1) is 9.85 Å². The molecule has 0 unspecified atom stereocenters. The van der Waals surface area contributed by atoms with Gasteiger partial charge in [0.25, 0.3) is 5.75 Å². The van der Waals surface area contributed by atoms with E-state index >= 15 is 0 Å². The largest absolute Gasteiger partial charge is 0.444 e. The van der Waals surface area contributed by atoms with Crippen molar-refractivity contribution in [2.75, 3.05) is 0 Å². The summed E-state index contributed by atoms with van der Waals surface area (Å²) < 4.78 is 5.33. The minimum Gasteiger partial charge on any atom is -0.444 e. The van der Waals surface area contributed by atoms with Crippen molar-refractivity contribution in [1.29, 1.82) is 0 Å². The number of rotatable bonds is 4. The first-order chi connectivity index (χ1) is 9.91. The van der Waals surface area contributed by atoms with Gasteiger partial charge in [-0.05, 0) is 24.6 Å². The maximum Gasteiger partial charge on any atom is 0.337 e. The van der Waals surface area contributed by atoms with E-state index in [9.17, 15) is 20.2 Å². The van der Waals surface area contributed by atoms with Gasteiger partial charge in [0.2, 0.25) is 0 Å². The number of hydrogen-bond acceptors (Lipinski definition) is 5. The summed E-state index contributed by atoms with van der Waals surface area (Å²) in [4.78, 5) is 20.8. The van der Waals surface area contributed by atoms with Gasteiger partial charge < -0.3 is 4.74 Å². The van der Waals surface area contributed by atoms with E-state index < -0.39 is 27.0 Å². The van der Waals surface area contributed by atoms with Crippen LogP contribution in [0.15, 0.2) is 36.4 Å². The molecule has 0 amide bonds. The second kappa shape index (κ2) is 5.76. The van der Waals surface area contributed by atoms with Crippen LogP contribution in [0.4, 0.5) is 11.4 Å². The smallest absolute Gasteiger partial charge is 0.337 e. The molecule has 2 aromatic carbocycles. The molecular weight excluding hydrogens is 300 g/mol. The van der Waals surface area contributed by atoms with Gasteiger partial charge in [-0.25, -0.2) is 0 Å². The minimum absolute atomic E-state index is 0.184. The Kier molecular flexibility index (Phi) is 4.04. The van der Waals surface area contributed by atoms with Crippen LogP contribution in [0.5, 0.6) is 11.5 Å². The van der Waals surface area contributed by atoms with Crippen LogP contribution in [-0.4, -0.2) is 9.85 Å². The SMILES string of the molecule is Cc1cc([N+](=O)[O-])c(Oc2ccccc2)c([N+](=O)[O-])c1Cl. The third-order valence-electron chi connectivity index (χ3n) is 2.70. The molecule has 0 aromatic heterocycles. The van der Waals surface area contributed by atoms with Crippen LogP contribution in [-0.2, 0) is 0 Å². The molecule has 7 nitrogen and oxygen atoms in total. The van der Waals surface area contributed by atoms with Crippen LogP contribution in [0.25, 0.3) is 0 Å². The summed E-state index contributed by atoms with van der Waals surface area (Å²) in [6.45, 7) is 1.45. The topological polar surface area (TPSA) is 95.5 Å². The highest BCUT2D eigenvalue weighted by molar-refractivity contribution is 6.34. The maximum atomic E-state index is 11.2. The van der Waals surface area contributed by atoms with Crippen molar-refractivity contribution in [2.45, 2.75) is 6.92 Å². The number of ether oxygens (including phenoxy) is 1.